The van der Waals surface area contributed by atoms with E-state index < -0.39 is 21.9 Å². The third-order valence-electron chi connectivity index (χ3n) is 3.59. The summed E-state index contributed by atoms with van der Waals surface area (Å²) in [5, 5.41) is 11.3. The molecule has 0 saturated carbocycles. The fraction of sp³-hybridized carbons (Fsp3) is 0.429. The molecule has 1 aromatic rings. The number of carbonyl (C=O) groups is 2. The molecule has 7 nitrogen and oxygen atoms in total. The summed E-state index contributed by atoms with van der Waals surface area (Å²) in [5.74, 6) is -2.01. The summed E-state index contributed by atoms with van der Waals surface area (Å²) < 4.78 is 24.6. The SMILES string of the molecule is CC(CNC(=O)c1ccc2c(c1)CCN2S(C)(=O)=O)C(=O)O. The summed E-state index contributed by atoms with van der Waals surface area (Å²) >= 11 is 0. The second-order valence-electron chi connectivity index (χ2n) is 5.38. The Morgan fingerprint density at radius 2 is 2.09 bits per heavy atom. The van der Waals surface area contributed by atoms with Crippen LogP contribution in [0.5, 0.6) is 0 Å². The first kappa shape index (κ1) is 16.3. The number of nitrogens with zero attached hydrogens (tertiary/aromatic N) is 1. The van der Waals surface area contributed by atoms with Gasteiger partial charge < -0.3 is 10.4 Å². The van der Waals surface area contributed by atoms with E-state index in [0.717, 1.165) is 11.8 Å². The largest absolute Gasteiger partial charge is 0.481 e. The molecule has 2 rings (SSSR count). The Hall–Kier alpha value is -2.09. The van der Waals surface area contributed by atoms with Crippen LogP contribution >= 0.6 is 0 Å². The molecule has 0 spiro atoms. The lowest BCUT2D eigenvalue weighted by atomic mass is 10.1. The van der Waals surface area contributed by atoms with Gasteiger partial charge in [0.15, 0.2) is 0 Å². The van der Waals surface area contributed by atoms with Crippen molar-refractivity contribution in [2.24, 2.45) is 5.92 Å². The zero-order valence-electron chi connectivity index (χ0n) is 12.4. The number of sulfonamides is 1. The first-order chi connectivity index (χ1) is 10.2. The number of hydrogen-bond donors (Lipinski definition) is 2. The van der Waals surface area contributed by atoms with Gasteiger partial charge >= 0.3 is 5.97 Å². The smallest absolute Gasteiger partial charge is 0.308 e. The number of amides is 1. The van der Waals surface area contributed by atoms with Gasteiger partial charge in [-0.2, -0.15) is 0 Å². The van der Waals surface area contributed by atoms with Crippen molar-refractivity contribution in [3.63, 3.8) is 0 Å². The highest BCUT2D eigenvalue weighted by Crippen LogP contribution is 2.30. The van der Waals surface area contributed by atoms with Crippen LogP contribution in [0.15, 0.2) is 18.2 Å². The maximum absolute atomic E-state index is 12.0. The Balaban J connectivity index is 2.13. The normalized spacial score (nSPS) is 15.3. The number of benzene rings is 1. The van der Waals surface area contributed by atoms with Crippen molar-refractivity contribution in [3.8, 4) is 0 Å². The summed E-state index contributed by atoms with van der Waals surface area (Å²) in [4.78, 5) is 22.7. The lowest BCUT2D eigenvalue weighted by Gasteiger charge is -2.16. The fourth-order valence-corrected chi connectivity index (χ4v) is 3.25. The topological polar surface area (TPSA) is 104 Å². The molecule has 0 radical (unpaired) electrons. The molecule has 1 aliphatic rings. The number of rotatable bonds is 5. The maximum Gasteiger partial charge on any atom is 0.308 e. The lowest BCUT2D eigenvalue weighted by Crippen LogP contribution is -2.31. The van der Waals surface area contributed by atoms with Crippen molar-refractivity contribution in [2.75, 3.05) is 23.7 Å². The quantitative estimate of drug-likeness (QED) is 0.818. The van der Waals surface area contributed by atoms with Crippen molar-refractivity contribution < 1.29 is 23.1 Å². The molecule has 0 aliphatic carbocycles. The van der Waals surface area contributed by atoms with Gasteiger partial charge in [0.25, 0.3) is 5.91 Å². The Bertz CT molecular complexity index is 714. The molecule has 1 amide bonds. The molecular weight excluding hydrogens is 308 g/mol. The molecule has 0 saturated heterocycles. The van der Waals surface area contributed by atoms with Gasteiger partial charge in [-0.3, -0.25) is 13.9 Å². The van der Waals surface area contributed by atoms with E-state index in [1.807, 2.05) is 0 Å². The third kappa shape index (κ3) is 3.38. The first-order valence-electron chi connectivity index (χ1n) is 6.82. The highest BCUT2D eigenvalue weighted by atomic mass is 32.2. The molecule has 0 fully saturated rings. The molecule has 1 atom stereocenters. The van der Waals surface area contributed by atoms with Gasteiger partial charge in [-0.15, -0.1) is 0 Å². The number of nitrogens with one attached hydrogen (secondary N) is 1. The molecule has 2 N–H and O–H groups in total. The van der Waals surface area contributed by atoms with Crippen LogP contribution < -0.4 is 9.62 Å². The number of carboxylic acid groups (broad SMARTS) is 1. The van der Waals surface area contributed by atoms with Crippen molar-refractivity contribution in [3.05, 3.63) is 29.3 Å². The van der Waals surface area contributed by atoms with E-state index in [-0.39, 0.29) is 12.5 Å². The van der Waals surface area contributed by atoms with Crippen molar-refractivity contribution >= 4 is 27.6 Å². The highest BCUT2D eigenvalue weighted by molar-refractivity contribution is 7.92. The molecule has 0 bridgehead atoms. The van der Waals surface area contributed by atoms with Crippen LogP contribution in [0.2, 0.25) is 0 Å². The van der Waals surface area contributed by atoms with Crippen molar-refractivity contribution in [1.29, 1.82) is 0 Å². The summed E-state index contributed by atoms with van der Waals surface area (Å²) in [6.07, 6.45) is 1.70. The van der Waals surface area contributed by atoms with E-state index >= 15 is 0 Å². The Morgan fingerprint density at radius 3 is 2.68 bits per heavy atom. The molecule has 1 unspecified atom stereocenters. The second kappa shape index (κ2) is 5.96. The van der Waals surface area contributed by atoms with Crippen LogP contribution in [0.3, 0.4) is 0 Å². The van der Waals surface area contributed by atoms with Gasteiger partial charge in [-0.25, -0.2) is 8.42 Å². The average molecular weight is 326 g/mol. The standard InChI is InChI=1S/C14H18N2O5S/c1-9(14(18)19)8-15-13(17)11-3-4-12-10(7-11)5-6-16(12)22(2,20)21/h3-4,7,9H,5-6,8H2,1-2H3,(H,15,17)(H,18,19). The monoisotopic (exact) mass is 326 g/mol. The molecular formula is C14H18N2O5S. The molecule has 120 valence electrons. The van der Waals surface area contributed by atoms with Crippen molar-refractivity contribution in [1.82, 2.24) is 5.32 Å². The second-order valence-corrected chi connectivity index (χ2v) is 7.28. The van der Waals surface area contributed by atoms with Gasteiger partial charge in [-0.05, 0) is 30.2 Å². The van der Waals surface area contributed by atoms with E-state index in [0.29, 0.717) is 24.2 Å². The number of fused-ring (bicyclic) bond motifs is 1. The van der Waals surface area contributed by atoms with E-state index in [9.17, 15) is 18.0 Å². The first-order valence-corrected chi connectivity index (χ1v) is 8.66. The minimum Gasteiger partial charge on any atom is -0.481 e. The Morgan fingerprint density at radius 1 is 1.41 bits per heavy atom. The number of aliphatic carboxylic acids is 1. The van der Waals surface area contributed by atoms with Crippen LogP contribution in [0.1, 0.15) is 22.8 Å². The minimum atomic E-state index is -3.31. The Labute approximate surface area is 129 Å². The zero-order valence-corrected chi connectivity index (χ0v) is 13.2. The molecule has 1 aliphatic heterocycles. The van der Waals surface area contributed by atoms with Crippen LogP contribution in [0, 0.1) is 5.92 Å². The third-order valence-corrected chi connectivity index (χ3v) is 4.77. The molecule has 1 aromatic carbocycles. The van der Waals surface area contributed by atoms with Crippen molar-refractivity contribution in [2.45, 2.75) is 13.3 Å². The van der Waals surface area contributed by atoms with Gasteiger partial charge in [0.05, 0.1) is 17.9 Å². The Kier molecular flexibility index (Phi) is 4.41. The maximum atomic E-state index is 12.0. The predicted molar refractivity (Wildman–Crippen MR) is 81.5 cm³/mol. The summed E-state index contributed by atoms with van der Waals surface area (Å²) in [6, 6.07) is 4.81. The summed E-state index contributed by atoms with van der Waals surface area (Å²) in [5.41, 5.74) is 1.79. The van der Waals surface area contributed by atoms with E-state index in [4.69, 9.17) is 5.11 Å². The van der Waals surface area contributed by atoms with E-state index in [1.54, 1.807) is 18.2 Å². The summed E-state index contributed by atoms with van der Waals surface area (Å²) in [6.45, 7) is 1.92. The van der Waals surface area contributed by atoms with Gasteiger partial charge in [-0.1, -0.05) is 6.92 Å². The van der Waals surface area contributed by atoms with Crippen LogP contribution in [0.4, 0.5) is 5.69 Å². The molecule has 1 heterocycles. The average Bonchev–Trinajstić information content (AvgIpc) is 2.86. The minimum absolute atomic E-state index is 0.0424. The van der Waals surface area contributed by atoms with Crippen LogP contribution in [-0.4, -0.2) is 44.7 Å². The van der Waals surface area contributed by atoms with E-state index in [2.05, 4.69) is 5.32 Å². The number of carbonyl (C=O) groups excluding carboxylic acids is 1. The molecule has 8 heteroatoms. The van der Waals surface area contributed by atoms with Crippen LogP contribution in [0.25, 0.3) is 0 Å². The number of hydrogen-bond acceptors (Lipinski definition) is 4. The van der Waals surface area contributed by atoms with E-state index in [1.165, 1.54) is 11.2 Å². The molecule has 0 aromatic heterocycles. The molecule has 22 heavy (non-hydrogen) atoms. The number of anilines is 1. The van der Waals surface area contributed by atoms with Gasteiger partial charge in [0.2, 0.25) is 10.0 Å². The van der Waals surface area contributed by atoms with Gasteiger partial charge in [0, 0.05) is 18.7 Å². The summed E-state index contributed by atoms with van der Waals surface area (Å²) in [7, 11) is -3.31. The fourth-order valence-electron chi connectivity index (χ4n) is 2.29. The number of carboxylic acids is 1. The van der Waals surface area contributed by atoms with Gasteiger partial charge in [0.1, 0.15) is 0 Å². The zero-order chi connectivity index (χ0) is 16.5. The predicted octanol–water partition coefficient (Wildman–Crippen LogP) is 0.459. The highest BCUT2D eigenvalue weighted by Gasteiger charge is 2.26. The van der Waals surface area contributed by atoms with Crippen LogP contribution in [-0.2, 0) is 21.2 Å². The lowest BCUT2D eigenvalue weighted by molar-refractivity contribution is -0.140.